The average Bonchev–Trinajstić information content (AvgIpc) is 3.15. The molecule has 0 heterocycles. The molecule has 4 nitrogen and oxygen atoms in total. The van der Waals surface area contributed by atoms with E-state index in [-0.39, 0.29) is 23.0 Å². The van der Waals surface area contributed by atoms with E-state index in [1.165, 1.54) is 19.1 Å². The Morgan fingerprint density at radius 2 is 1.59 bits per heavy atom. The van der Waals surface area contributed by atoms with Crippen molar-refractivity contribution in [1.29, 1.82) is 0 Å². The molecule has 1 saturated carbocycles. The smallest absolute Gasteiger partial charge is 0.251 e. The van der Waals surface area contributed by atoms with Gasteiger partial charge in [0.1, 0.15) is 5.82 Å². The first-order valence-corrected chi connectivity index (χ1v) is 9.36. The first kappa shape index (κ1) is 19.1. The lowest BCUT2D eigenvalue weighted by Gasteiger charge is -2.30. The molecule has 0 unspecified atom stereocenters. The Morgan fingerprint density at radius 1 is 0.963 bits per heavy atom. The van der Waals surface area contributed by atoms with E-state index in [9.17, 15) is 14.0 Å². The number of carbonyl (C=O) groups is 2. The fourth-order valence-corrected chi connectivity index (χ4v) is 3.77. The Hall–Kier alpha value is -2.69. The van der Waals surface area contributed by atoms with Gasteiger partial charge in [0, 0.05) is 31.0 Å². The van der Waals surface area contributed by atoms with Crippen LogP contribution in [-0.2, 0) is 16.8 Å². The van der Waals surface area contributed by atoms with Gasteiger partial charge in [-0.2, -0.15) is 0 Å². The summed E-state index contributed by atoms with van der Waals surface area (Å²) in [6, 6.07) is 13.9. The third kappa shape index (κ3) is 4.73. The third-order valence-electron chi connectivity index (χ3n) is 5.36. The second-order valence-corrected chi connectivity index (χ2v) is 7.28. The summed E-state index contributed by atoms with van der Waals surface area (Å²) >= 11 is 0. The van der Waals surface area contributed by atoms with Gasteiger partial charge in [-0.1, -0.05) is 37.1 Å². The molecule has 1 aliphatic carbocycles. The zero-order chi connectivity index (χ0) is 19.3. The van der Waals surface area contributed by atoms with Crippen LogP contribution < -0.4 is 10.6 Å². The topological polar surface area (TPSA) is 58.2 Å². The molecule has 0 aromatic heterocycles. The maximum absolute atomic E-state index is 13.3. The van der Waals surface area contributed by atoms with Gasteiger partial charge in [0.05, 0.1) is 0 Å². The summed E-state index contributed by atoms with van der Waals surface area (Å²) in [5.41, 5.74) is 2.51. The molecule has 5 heteroatoms. The van der Waals surface area contributed by atoms with Crippen molar-refractivity contribution in [3.05, 3.63) is 71.0 Å². The number of rotatable bonds is 6. The highest BCUT2D eigenvalue weighted by Crippen LogP contribution is 2.40. The maximum Gasteiger partial charge on any atom is 0.251 e. The summed E-state index contributed by atoms with van der Waals surface area (Å²) in [5, 5.41) is 5.80. The molecule has 0 atom stereocenters. The van der Waals surface area contributed by atoms with Crippen LogP contribution in [0.2, 0.25) is 0 Å². The van der Waals surface area contributed by atoms with Crippen LogP contribution in [0, 0.1) is 5.82 Å². The van der Waals surface area contributed by atoms with Crippen molar-refractivity contribution >= 4 is 11.8 Å². The van der Waals surface area contributed by atoms with Crippen LogP contribution in [0.4, 0.5) is 4.39 Å². The number of halogens is 1. The monoisotopic (exact) mass is 368 g/mol. The van der Waals surface area contributed by atoms with Gasteiger partial charge in [-0.25, -0.2) is 4.39 Å². The van der Waals surface area contributed by atoms with E-state index in [4.69, 9.17) is 0 Å². The fraction of sp³-hybridized carbons (Fsp3) is 0.364. The Labute approximate surface area is 159 Å². The molecule has 27 heavy (non-hydrogen) atoms. The van der Waals surface area contributed by atoms with Crippen LogP contribution in [-0.4, -0.2) is 18.4 Å². The summed E-state index contributed by atoms with van der Waals surface area (Å²) in [7, 11) is 0. The predicted octanol–water partition coefficient (Wildman–Crippen LogP) is 3.70. The molecule has 0 bridgehead atoms. The van der Waals surface area contributed by atoms with E-state index in [0.29, 0.717) is 18.7 Å². The Kier molecular flexibility index (Phi) is 5.89. The van der Waals surface area contributed by atoms with Gasteiger partial charge in [0.25, 0.3) is 5.91 Å². The van der Waals surface area contributed by atoms with Crippen LogP contribution >= 0.6 is 0 Å². The maximum atomic E-state index is 13.3. The normalized spacial score (nSPS) is 15.3. The molecule has 3 rings (SSSR count). The molecule has 0 spiro atoms. The standard InChI is InChI=1S/C22H25FN2O2/c1-16(26)24-14-17-4-6-18(7-5-17)21(27)25-15-22(12-2-3-13-22)19-8-10-20(23)11-9-19/h4-11H,2-3,12-15H2,1H3,(H,24,26)(H,25,27). The molecule has 0 saturated heterocycles. The molecule has 1 fully saturated rings. The summed E-state index contributed by atoms with van der Waals surface area (Å²) in [6.07, 6.45) is 4.22. The predicted molar refractivity (Wildman–Crippen MR) is 103 cm³/mol. The Balaban J connectivity index is 1.64. The first-order valence-electron chi connectivity index (χ1n) is 9.36. The average molecular weight is 368 g/mol. The summed E-state index contributed by atoms with van der Waals surface area (Å²) in [5.74, 6) is -0.441. The van der Waals surface area contributed by atoms with Crippen molar-refractivity contribution in [2.45, 2.75) is 44.6 Å². The van der Waals surface area contributed by atoms with Gasteiger partial charge in [-0.05, 0) is 48.2 Å². The van der Waals surface area contributed by atoms with Crippen molar-refractivity contribution < 1.29 is 14.0 Å². The number of hydrogen-bond acceptors (Lipinski definition) is 2. The molecule has 0 radical (unpaired) electrons. The van der Waals surface area contributed by atoms with Crippen molar-refractivity contribution in [3.63, 3.8) is 0 Å². The number of nitrogens with one attached hydrogen (secondary N) is 2. The van der Waals surface area contributed by atoms with Crippen molar-refractivity contribution in [2.24, 2.45) is 0 Å². The lowest BCUT2D eigenvalue weighted by atomic mass is 9.78. The third-order valence-corrected chi connectivity index (χ3v) is 5.36. The van der Waals surface area contributed by atoms with E-state index in [0.717, 1.165) is 36.8 Å². The van der Waals surface area contributed by atoms with Crippen molar-refractivity contribution in [1.82, 2.24) is 10.6 Å². The zero-order valence-corrected chi connectivity index (χ0v) is 15.6. The largest absolute Gasteiger partial charge is 0.352 e. The number of hydrogen-bond donors (Lipinski definition) is 2. The second kappa shape index (κ2) is 8.33. The Bertz CT molecular complexity index is 794. The quantitative estimate of drug-likeness (QED) is 0.817. The van der Waals surface area contributed by atoms with E-state index >= 15 is 0 Å². The molecule has 2 aromatic carbocycles. The molecule has 2 amide bonds. The number of carbonyl (C=O) groups excluding carboxylic acids is 2. The van der Waals surface area contributed by atoms with Gasteiger partial charge >= 0.3 is 0 Å². The van der Waals surface area contributed by atoms with Crippen LogP contribution in [0.15, 0.2) is 48.5 Å². The minimum Gasteiger partial charge on any atom is -0.352 e. The highest BCUT2D eigenvalue weighted by Gasteiger charge is 2.35. The van der Waals surface area contributed by atoms with Gasteiger partial charge < -0.3 is 10.6 Å². The zero-order valence-electron chi connectivity index (χ0n) is 15.6. The first-order chi connectivity index (χ1) is 13.0. The van der Waals surface area contributed by atoms with Crippen molar-refractivity contribution in [2.75, 3.05) is 6.54 Å². The fourth-order valence-electron chi connectivity index (χ4n) is 3.77. The number of benzene rings is 2. The van der Waals surface area contributed by atoms with Gasteiger partial charge in [0.15, 0.2) is 0 Å². The van der Waals surface area contributed by atoms with Crippen molar-refractivity contribution in [3.8, 4) is 0 Å². The SMILES string of the molecule is CC(=O)NCc1ccc(C(=O)NCC2(c3ccc(F)cc3)CCCC2)cc1. The molecule has 2 aromatic rings. The summed E-state index contributed by atoms with van der Waals surface area (Å²) in [4.78, 5) is 23.5. The summed E-state index contributed by atoms with van der Waals surface area (Å²) < 4.78 is 13.3. The van der Waals surface area contributed by atoms with E-state index in [1.807, 2.05) is 24.3 Å². The van der Waals surface area contributed by atoms with E-state index < -0.39 is 0 Å². The van der Waals surface area contributed by atoms with Gasteiger partial charge in [-0.15, -0.1) is 0 Å². The molecular weight excluding hydrogens is 343 g/mol. The lowest BCUT2D eigenvalue weighted by Crippen LogP contribution is -2.39. The minimum absolute atomic E-state index is 0.0838. The lowest BCUT2D eigenvalue weighted by molar-refractivity contribution is -0.119. The second-order valence-electron chi connectivity index (χ2n) is 7.28. The molecule has 2 N–H and O–H groups in total. The molecule has 1 aliphatic rings. The van der Waals surface area contributed by atoms with Gasteiger partial charge in [0.2, 0.25) is 5.91 Å². The highest BCUT2D eigenvalue weighted by molar-refractivity contribution is 5.94. The van der Waals surface area contributed by atoms with Crippen LogP contribution in [0.3, 0.4) is 0 Å². The highest BCUT2D eigenvalue weighted by atomic mass is 19.1. The molecule has 0 aliphatic heterocycles. The van der Waals surface area contributed by atoms with Crippen LogP contribution in [0.5, 0.6) is 0 Å². The molecular formula is C22H25FN2O2. The van der Waals surface area contributed by atoms with E-state index in [2.05, 4.69) is 10.6 Å². The molecule has 142 valence electrons. The Morgan fingerprint density at radius 3 is 2.19 bits per heavy atom. The minimum atomic E-state index is -0.240. The van der Waals surface area contributed by atoms with Crippen LogP contribution in [0.1, 0.15) is 54.1 Å². The van der Waals surface area contributed by atoms with Crippen LogP contribution in [0.25, 0.3) is 0 Å². The van der Waals surface area contributed by atoms with Gasteiger partial charge in [-0.3, -0.25) is 9.59 Å². The van der Waals surface area contributed by atoms with E-state index in [1.54, 1.807) is 12.1 Å². The number of amides is 2. The summed E-state index contributed by atoms with van der Waals surface area (Å²) in [6.45, 7) is 2.47.